The molecule has 1 aliphatic carbocycles. The number of hydrogen-bond donors (Lipinski definition) is 3. The number of phenols is 1. The van der Waals surface area contributed by atoms with Crippen LogP contribution in [0.25, 0.3) is 0 Å². The minimum atomic E-state index is -4.60. The molecule has 3 N–H and O–H groups in total. The van der Waals surface area contributed by atoms with E-state index in [2.05, 4.69) is 15.8 Å². The summed E-state index contributed by atoms with van der Waals surface area (Å²) in [4.78, 5) is 25.2. The lowest BCUT2D eigenvalue weighted by molar-refractivity contribution is -0.137. The number of benzene rings is 2. The Kier molecular flexibility index (Phi) is 6.58. The molecule has 1 aliphatic rings. The van der Waals surface area contributed by atoms with Gasteiger partial charge in [-0.15, -0.1) is 0 Å². The van der Waals surface area contributed by atoms with Crippen molar-refractivity contribution in [3.8, 4) is 5.75 Å². The van der Waals surface area contributed by atoms with Crippen molar-refractivity contribution in [1.29, 1.82) is 0 Å². The molecule has 11 heteroatoms. The first-order valence-corrected chi connectivity index (χ1v) is 10.9. The number of fused-ring (bicyclic) bond motifs is 1. The van der Waals surface area contributed by atoms with E-state index in [1.165, 1.54) is 24.3 Å². The molecule has 182 valence electrons. The topological polar surface area (TPSA) is 104 Å². The Morgan fingerprint density at radius 3 is 2.49 bits per heavy atom. The van der Waals surface area contributed by atoms with Gasteiger partial charge in [-0.1, -0.05) is 11.6 Å². The summed E-state index contributed by atoms with van der Waals surface area (Å²) in [7, 11) is 0. The van der Waals surface area contributed by atoms with Crippen LogP contribution < -0.4 is 10.7 Å². The van der Waals surface area contributed by atoms with Crippen molar-refractivity contribution < 1.29 is 32.3 Å². The first kappa shape index (κ1) is 24.3. The SMILES string of the molecule is Cc1c(C(=O)Nc2cc(C(F)(F)F)ccc2Cl)oc2c1/C(=N/NC(=O)c1ccc(O)cc1)CCC2. The van der Waals surface area contributed by atoms with Crippen LogP contribution in [0.2, 0.25) is 5.02 Å². The molecule has 1 heterocycles. The zero-order valence-electron chi connectivity index (χ0n) is 18.3. The highest BCUT2D eigenvalue weighted by molar-refractivity contribution is 6.34. The predicted molar refractivity (Wildman–Crippen MR) is 123 cm³/mol. The smallest absolute Gasteiger partial charge is 0.416 e. The largest absolute Gasteiger partial charge is 0.508 e. The van der Waals surface area contributed by atoms with E-state index in [1.54, 1.807) is 6.92 Å². The third-order valence-electron chi connectivity index (χ3n) is 5.50. The highest BCUT2D eigenvalue weighted by Crippen LogP contribution is 2.35. The van der Waals surface area contributed by atoms with Crippen LogP contribution in [-0.4, -0.2) is 22.6 Å². The number of nitrogens with zero attached hydrogens (tertiary/aromatic N) is 1. The Morgan fingerprint density at radius 1 is 1.09 bits per heavy atom. The highest BCUT2D eigenvalue weighted by Gasteiger charge is 2.32. The number of halogens is 4. The predicted octanol–water partition coefficient (Wildman–Crippen LogP) is 5.69. The Bertz CT molecular complexity index is 1330. The van der Waals surface area contributed by atoms with Crippen LogP contribution in [0.15, 0.2) is 52.0 Å². The van der Waals surface area contributed by atoms with E-state index in [9.17, 15) is 27.9 Å². The van der Waals surface area contributed by atoms with Gasteiger partial charge in [-0.05, 0) is 62.2 Å². The lowest BCUT2D eigenvalue weighted by Gasteiger charge is -2.13. The first-order valence-electron chi connectivity index (χ1n) is 10.5. The van der Waals surface area contributed by atoms with E-state index in [-0.39, 0.29) is 22.2 Å². The zero-order chi connectivity index (χ0) is 25.3. The van der Waals surface area contributed by atoms with Crippen LogP contribution in [0.1, 0.15) is 56.2 Å². The van der Waals surface area contributed by atoms with Crippen LogP contribution in [-0.2, 0) is 12.6 Å². The molecular weight excluding hydrogens is 487 g/mol. The van der Waals surface area contributed by atoms with Crippen LogP contribution in [0.4, 0.5) is 18.9 Å². The number of phenolic OH excluding ortho intramolecular Hbond substituents is 1. The molecule has 3 aromatic rings. The van der Waals surface area contributed by atoms with Gasteiger partial charge >= 0.3 is 6.18 Å². The molecule has 0 fully saturated rings. The highest BCUT2D eigenvalue weighted by atomic mass is 35.5. The minimum absolute atomic E-state index is 0.0241. The number of anilines is 1. The maximum absolute atomic E-state index is 13.0. The van der Waals surface area contributed by atoms with Gasteiger partial charge in [0, 0.05) is 23.1 Å². The summed E-state index contributed by atoms with van der Waals surface area (Å²) >= 11 is 5.99. The summed E-state index contributed by atoms with van der Waals surface area (Å²) in [5.74, 6) is -0.806. The number of hydrogen-bond acceptors (Lipinski definition) is 5. The van der Waals surface area contributed by atoms with E-state index >= 15 is 0 Å². The molecule has 35 heavy (non-hydrogen) atoms. The van der Waals surface area contributed by atoms with Gasteiger partial charge < -0.3 is 14.8 Å². The second-order valence-corrected chi connectivity index (χ2v) is 8.31. The summed E-state index contributed by atoms with van der Waals surface area (Å²) in [6.45, 7) is 1.63. The quantitative estimate of drug-likeness (QED) is 0.396. The summed E-state index contributed by atoms with van der Waals surface area (Å²) in [5, 5.41) is 15.9. The van der Waals surface area contributed by atoms with Crippen molar-refractivity contribution in [3.63, 3.8) is 0 Å². The van der Waals surface area contributed by atoms with Crippen molar-refractivity contribution in [3.05, 3.63) is 81.3 Å². The molecule has 0 saturated heterocycles. The molecule has 0 unspecified atom stereocenters. The second kappa shape index (κ2) is 9.46. The summed E-state index contributed by atoms with van der Waals surface area (Å²) in [6, 6.07) is 8.28. The lowest BCUT2D eigenvalue weighted by atomic mass is 9.93. The molecule has 0 spiro atoms. The van der Waals surface area contributed by atoms with Crippen molar-refractivity contribution in [1.82, 2.24) is 5.43 Å². The monoisotopic (exact) mass is 505 g/mol. The van der Waals surface area contributed by atoms with Crippen molar-refractivity contribution in [2.24, 2.45) is 5.10 Å². The molecule has 0 atom stereocenters. The fraction of sp³-hybridized carbons (Fsp3) is 0.208. The number of aromatic hydroxyl groups is 1. The van der Waals surface area contributed by atoms with E-state index in [0.717, 1.165) is 18.2 Å². The minimum Gasteiger partial charge on any atom is -0.508 e. The van der Waals surface area contributed by atoms with Gasteiger partial charge in [0.1, 0.15) is 11.5 Å². The maximum Gasteiger partial charge on any atom is 0.416 e. The number of nitrogens with one attached hydrogen (secondary N) is 2. The Morgan fingerprint density at radius 2 is 1.80 bits per heavy atom. The van der Waals surface area contributed by atoms with Gasteiger partial charge in [-0.3, -0.25) is 9.59 Å². The molecular formula is C24H19ClF3N3O4. The van der Waals surface area contributed by atoms with Gasteiger partial charge in [0.05, 0.1) is 22.0 Å². The van der Waals surface area contributed by atoms with Gasteiger partial charge in [0.25, 0.3) is 11.8 Å². The number of carbonyl (C=O) groups excluding carboxylic acids is 2. The standard InChI is InChI=1S/C24H19ClF3N3O4/c1-12-20-17(30-31-22(33)13-5-8-15(32)9-6-13)3-2-4-19(20)35-21(12)23(34)29-18-11-14(24(26,27)28)7-10-16(18)25/h5-11,32H,2-4H2,1H3,(H,29,34)(H,31,33)/b30-17+. The Balaban J connectivity index is 1.58. The van der Waals surface area contributed by atoms with Gasteiger partial charge in [0.15, 0.2) is 5.76 Å². The molecule has 0 saturated carbocycles. The second-order valence-electron chi connectivity index (χ2n) is 7.90. The molecule has 2 amide bonds. The van der Waals surface area contributed by atoms with Crippen LogP contribution in [0.5, 0.6) is 5.75 Å². The van der Waals surface area contributed by atoms with Crippen LogP contribution in [0.3, 0.4) is 0 Å². The third-order valence-corrected chi connectivity index (χ3v) is 5.83. The summed E-state index contributed by atoms with van der Waals surface area (Å²) in [6.07, 6.45) is -2.89. The summed E-state index contributed by atoms with van der Waals surface area (Å²) in [5.41, 5.74) is 3.13. The fourth-order valence-electron chi connectivity index (χ4n) is 3.77. The number of furan rings is 1. The number of carbonyl (C=O) groups is 2. The fourth-order valence-corrected chi connectivity index (χ4v) is 3.93. The number of amides is 2. The average Bonchev–Trinajstić information content (AvgIpc) is 3.16. The zero-order valence-corrected chi connectivity index (χ0v) is 19.0. The van der Waals surface area contributed by atoms with Crippen molar-refractivity contribution >= 4 is 34.8 Å². The molecule has 7 nitrogen and oxygen atoms in total. The van der Waals surface area contributed by atoms with Crippen molar-refractivity contribution in [2.75, 3.05) is 5.32 Å². The van der Waals surface area contributed by atoms with E-state index < -0.39 is 23.6 Å². The van der Waals surface area contributed by atoms with Gasteiger partial charge in [0.2, 0.25) is 0 Å². The third kappa shape index (κ3) is 5.17. The van der Waals surface area contributed by atoms with Crippen LogP contribution >= 0.6 is 11.6 Å². The van der Waals surface area contributed by atoms with E-state index in [1.807, 2.05) is 0 Å². The van der Waals surface area contributed by atoms with Crippen LogP contribution in [0, 0.1) is 6.92 Å². The van der Waals surface area contributed by atoms with Gasteiger partial charge in [-0.25, -0.2) is 5.43 Å². The summed E-state index contributed by atoms with van der Waals surface area (Å²) < 4.78 is 44.9. The molecule has 0 radical (unpaired) electrons. The normalized spacial score (nSPS) is 14.5. The molecule has 4 rings (SSSR count). The molecule has 2 aromatic carbocycles. The van der Waals surface area contributed by atoms with Crippen molar-refractivity contribution in [2.45, 2.75) is 32.4 Å². The van der Waals surface area contributed by atoms with E-state index in [4.69, 9.17) is 16.0 Å². The van der Waals surface area contributed by atoms with Gasteiger partial charge in [-0.2, -0.15) is 18.3 Å². The first-order chi connectivity index (χ1) is 16.5. The lowest BCUT2D eigenvalue weighted by Crippen LogP contribution is -2.22. The molecule has 0 aliphatic heterocycles. The maximum atomic E-state index is 13.0. The Hall–Kier alpha value is -3.79. The molecule has 0 bridgehead atoms. The number of aryl methyl sites for hydroxylation is 1. The molecule has 1 aromatic heterocycles. The number of alkyl halides is 3. The average molecular weight is 506 g/mol. The Labute approximate surface area is 202 Å². The number of hydrazone groups is 1. The number of rotatable bonds is 4. The van der Waals surface area contributed by atoms with E-state index in [0.29, 0.717) is 47.4 Å².